The van der Waals surface area contributed by atoms with E-state index in [1.54, 1.807) is 12.3 Å². The number of carbonyl (C=O) groups excluding carboxylic acids is 3. The predicted octanol–water partition coefficient (Wildman–Crippen LogP) is 5.97. The third kappa shape index (κ3) is 7.13. The second-order valence-corrected chi connectivity index (χ2v) is 12.1. The number of aromatic nitrogens is 2. The molecule has 1 saturated heterocycles. The fraction of sp³-hybridized carbons (Fsp3) is 0.211. The van der Waals surface area contributed by atoms with E-state index in [4.69, 9.17) is 0 Å². The number of nitrogens with zero attached hydrogens (tertiary/aromatic N) is 3. The second kappa shape index (κ2) is 13.9. The van der Waals surface area contributed by atoms with E-state index in [1.165, 1.54) is 18.7 Å². The van der Waals surface area contributed by atoms with Gasteiger partial charge in [0.1, 0.15) is 5.65 Å². The minimum absolute atomic E-state index is 0.160. The lowest BCUT2D eigenvalue weighted by molar-refractivity contribution is -0.114. The SMILES string of the molecule is C=CC(=O)Nc1cc(-c2c(-c3ccc(N4CCN(C)CC4)cc3)[nH]c3ncc(C(=O)NCc4cccc(NC(C)=O)c4)cc23)ccc1C. The topological polar surface area (TPSA) is 122 Å². The van der Waals surface area contributed by atoms with Gasteiger partial charge in [0.25, 0.3) is 5.91 Å². The third-order valence-corrected chi connectivity index (χ3v) is 8.61. The van der Waals surface area contributed by atoms with Gasteiger partial charge in [0.15, 0.2) is 0 Å². The lowest BCUT2D eigenvalue weighted by Gasteiger charge is -2.34. The Bertz CT molecular complexity index is 2010. The first kappa shape index (κ1) is 32.2. The first-order valence-electron chi connectivity index (χ1n) is 15.9. The van der Waals surface area contributed by atoms with Crippen LogP contribution in [0.2, 0.25) is 0 Å². The molecule has 0 spiro atoms. The van der Waals surface area contributed by atoms with Crippen molar-refractivity contribution in [3.63, 3.8) is 0 Å². The molecule has 0 unspecified atom stereocenters. The number of carbonyl (C=O) groups is 3. The number of hydrogen-bond acceptors (Lipinski definition) is 6. The molecule has 3 aromatic carbocycles. The maximum absolute atomic E-state index is 13.4. The number of nitrogens with one attached hydrogen (secondary N) is 4. The van der Waals surface area contributed by atoms with E-state index in [0.29, 0.717) is 22.6 Å². The molecule has 1 fully saturated rings. The highest BCUT2D eigenvalue weighted by Crippen LogP contribution is 2.40. The van der Waals surface area contributed by atoms with Crippen molar-refractivity contribution >= 4 is 45.8 Å². The molecule has 0 radical (unpaired) electrons. The third-order valence-electron chi connectivity index (χ3n) is 8.61. The van der Waals surface area contributed by atoms with Crippen LogP contribution in [-0.4, -0.2) is 65.8 Å². The molecule has 4 N–H and O–H groups in total. The average Bonchev–Trinajstić information content (AvgIpc) is 3.47. The molecular weight excluding hydrogens is 602 g/mol. The molecule has 0 bridgehead atoms. The summed E-state index contributed by atoms with van der Waals surface area (Å²) in [5, 5.41) is 9.43. The minimum atomic E-state index is -0.294. The van der Waals surface area contributed by atoms with Gasteiger partial charge in [-0.1, -0.05) is 43.0 Å². The van der Waals surface area contributed by atoms with Crippen LogP contribution in [0.25, 0.3) is 33.4 Å². The number of anilines is 3. The van der Waals surface area contributed by atoms with Crippen molar-refractivity contribution in [2.45, 2.75) is 20.4 Å². The fourth-order valence-electron chi connectivity index (χ4n) is 5.96. The zero-order chi connectivity index (χ0) is 33.8. The number of aryl methyl sites for hydroxylation is 1. The normalized spacial score (nSPS) is 13.3. The fourth-order valence-corrected chi connectivity index (χ4v) is 5.96. The molecule has 5 aromatic rings. The number of rotatable bonds is 9. The van der Waals surface area contributed by atoms with Crippen LogP contribution in [-0.2, 0) is 16.1 Å². The summed E-state index contributed by atoms with van der Waals surface area (Å²) in [5.41, 5.74) is 8.89. The van der Waals surface area contributed by atoms with Gasteiger partial charge in [-0.2, -0.15) is 0 Å². The molecule has 0 saturated carbocycles. The van der Waals surface area contributed by atoms with E-state index >= 15 is 0 Å². The Labute approximate surface area is 279 Å². The van der Waals surface area contributed by atoms with Gasteiger partial charge in [0.2, 0.25) is 11.8 Å². The number of H-pyrrole nitrogens is 1. The smallest absolute Gasteiger partial charge is 0.253 e. The molecule has 48 heavy (non-hydrogen) atoms. The molecule has 1 aliphatic heterocycles. The molecule has 3 heterocycles. The van der Waals surface area contributed by atoms with E-state index in [0.717, 1.165) is 65.1 Å². The van der Waals surface area contributed by atoms with Crippen LogP contribution in [0.15, 0.2) is 91.6 Å². The van der Waals surface area contributed by atoms with Crippen LogP contribution >= 0.6 is 0 Å². The first-order valence-corrected chi connectivity index (χ1v) is 15.9. The van der Waals surface area contributed by atoms with Crippen molar-refractivity contribution < 1.29 is 14.4 Å². The van der Waals surface area contributed by atoms with Crippen LogP contribution in [0, 0.1) is 6.92 Å². The van der Waals surface area contributed by atoms with Gasteiger partial charge in [-0.15, -0.1) is 0 Å². The Kier molecular flexibility index (Phi) is 9.36. The van der Waals surface area contributed by atoms with Crippen molar-refractivity contribution in [2.24, 2.45) is 0 Å². The highest BCUT2D eigenvalue weighted by atomic mass is 16.2. The van der Waals surface area contributed by atoms with Gasteiger partial charge in [0.05, 0.1) is 11.3 Å². The molecular formula is C38H39N7O3. The summed E-state index contributed by atoms with van der Waals surface area (Å²) in [7, 11) is 2.15. The van der Waals surface area contributed by atoms with E-state index in [2.05, 4.69) is 73.6 Å². The molecule has 244 valence electrons. The van der Waals surface area contributed by atoms with Gasteiger partial charge in [-0.25, -0.2) is 4.98 Å². The summed E-state index contributed by atoms with van der Waals surface area (Å²) in [4.78, 5) is 50.1. The summed E-state index contributed by atoms with van der Waals surface area (Å²) in [6.07, 6.45) is 2.81. The van der Waals surface area contributed by atoms with Crippen molar-refractivity contribution in [2.75, 3.05) is 48.8 Å². The predicted molar refractivity (Wildman–Crippen MR) is 192 cm³/mol. The Morgan fingerprint density at radius 3 is 2.42 bits per heavy atom. The molecule has 10 nitrogen and oxygen atoms in total. The van der Waals surface area contributed by atoms with Crippen LogP contribution in [0.3, 0.4) is 0 Å². The second-order valence-electron chi connectivity index (χ2n) is 12.1. The number of piperazine rings is 1. The highest BCUT2D eigenvalue weighted by molar-refractivity contribution is 6.07. The van der Waals surface area contributed by atoms with Crippen molar-refractivity contribution in [3.05, 3.63) is 108 Å². The van der Waals surface area contributed by atoms with E-state index in [9.17, 15) is 14.4 Å². The van der Waals surface area contributed by atoms with Crippen LogP contribution in [0.5, 0.6) is 0 Å². The van der Waals surface area contributed by atoms with Gasteiger partial charge in [0, 0.05) is 73.9 Å². The average molecular weight is 642 g/mol. The molecule has 1 aliphatic rings. The summed E-state index contributed by atoms with van der Waals surface area (Å²) in [6.45, 7) is 11.3. The summed E-state index contributed by atoms with van der Waals surface area (Å²) in [5.74, 6) is -0.730. The highest BCUT2D eigenvalue weighted by Gasteiger charge is 2.20. The van der Waals surface area contributed by atoms with Crippen molar-refractivity contribution in [3.8, 4) is 22.4 Å². The molecule has 3 amide bonds. The maximum atomic E-state index is 13.4. The summed E-state index contributed by atoms with van der Waals surface area (Å²) in [6, 6.07) is 23.6. The van der Waals surface area contributed by atoms with E-state index in [-0.39, 0.29) is 24.3 Å². The van der Waals surface area contributed by atoms with Gasteiger partial charge in [-0.3, -0.25) is 14.4 Å². The van der Waals surface area contributed by atoms with E-state index in [1.807, 2.05) is 49.4 Å². The largest absolute Gasteiger partial charge is 0.369 e. The van der Waals surface area contributed by atoms with Crippen LogP contribution in [0.4, 0.5) is 17.1 Å². The zero-order valence-corrected chi connectivity index (χ0v) is 27.4. The van der Waals surface area contributed by atoms with Crippen LogP contribution in [0.1, 0.15) is 28.4 Å². The Balaban J connectivity index is 1.36. The van der Waals surface area contributed by atoms with Gasteiger partial charge < -0.3 is 30.7 Å². The molecule has 2 aromatic heterocycles. The number of aromatic amines is 1. The first-order chi connectivity index (χ1) is 23.2. The monoisotopic (exact) mass is 641 g/mol. The number of hydrogen-bond donors (Lipinski definition) is 4. The number of pyridine rings is 1. The summed E-state index contributed by atoms with van der Waals surface area (Å²) < 4.78 is 0. The lowest BCUT2D eigenvalue weighted by Crippen LogP contribution is -2.44. The molecule has 0 atom stereocenters. The maximum Gasteiger partial charge on any atom is 0.253 e. The number of fused-ring (bicyclic) bond motifs is 1. The zero-order valence-electron chi connectivity index (χ0n) is 27.4. The minimum Gasteiger partial charge on any atom is -0.369 e. The lowest BCUT2D eigenvalue weighted by atomic mass is 9.96. The van der Waals surface area contributed by atoms with Crippen molar-refractivity contribution in [1.29, 1.82) is 0 Å². The standard InChI is InChI=1S/C38H39N7O3/c1-5-34(47)42-33-21-28(10-9-24(33)2)35-32-20-29(38(48)40-22-26-7-6-8-30(19-26)41-25(3)46)23-39-37(32)43-36(35)27-11-13-31(14-12-27)45-17-15-44(4)16-18-45/h5-14,19-21,23H,1,15-18,22H2,2-4H3,(H,39,43)(H,40,48)(H,41,46)(H,42,47). The summed E-state index contributed by atoms with van der Waals surface area (Å²) >= 11 is 0. The van der Waals surface area contributed by atoms with Gasteiger partial charge >= 0.3 is 0 Å². The molecule has 6 rings (SSSR count). The quantitative estimate of drug-likeness (QED) is 0.147. The molecule has 10 heteroatoms. The molecule has 0 aliphatic carbocycles. The Morgan fingerprint density at radius 2 is 1.69 bits per heavy atom. The van der Waals surface area contributed by atoms with Crippen molar-refractivity contribution in [1.82, 2.24) is 20.2 Å². The van der Waals surface area contributed by atoms with E-state index < -0.39 is 0 Å². The number of likely N-dealkylation sites (N-methyl/N-ethyl adjacent to an activating group) is 1. The van der Waals surface area contributed by atoms with Crippen LogP contribution < -0.4 is 20.9 Å². The Hall–Kier alpha value is -5.74. The van der Waals surface area contributed by atoms with Gasteiger partial charge in [-0.05, 0) is 78.7 Å². The Morgan fingerprint density at radius 1 is 0.938 bits per heavy atom. The number of benzene rings is 3. The number of amides is 3.